The highest BCUT2D eigenvalue weighted by Gasteiger charge is 2.30. The first kappa shape index (κ1) is 13.9. The maximum atomic E-state index is 9.07. The molecule has 0 radical (unpaired) electrons. The van der Waals surface area contributed by atoms with Gasteiger partial charge in [-0.05, 0) is 39.2 Å². The minimum atomic E-state index is 0.288. The number of likely N-dealkylation sites (tertiary alicyclic amines) is 1. The van der Waals surface area contributed by atoms with Gasteiger partial charge in [0.25, 0.3) is 0 Å². The van der Waals surface area contributed by atoms with E-state index in [1.807, 2.05) is 0 Å². The zero-order chi connectivity index (χ0) is 12.0. The fourth-order valence-corrected chi connectivity index (χ4v) is 2.85. The molecule has 1 aliphatic rings. The van der Waals surface area contributed by atoms with Gasteiger partial charge in [0.1, 0.15) is 0 Å². The number of aliphatic hydroxyl groups excluding tert-OH is 1. The minimum Gasteiger partial charge on any atom is -0.396 e. The van der Waals surface area contributed by atoms with Crippen molar-refractivity contribution in [2.45, 2.75) is 64.6 Å². The van der Waals surface area contributed by atoms with E-state index in [0.29, 0.717) is 12.1 Å². The van der Waals surface area contributed by atoms with Gasteiger partial charge in [-0.3, -0.25) is 4.90 Å². The van der Waals surface area contributed by atoms with Crippen molar-refractivity contribution < 1.29 is 5.11 Å². The Labute approximate surface area is 100 Å². The molecule has 16 heavy (non-hydrogen) atoms. The number of nitrogens with one attached hydrogen (secondary N) is 1. The van der Waals surface area contributed by atoms with Crippen LogP contribution in [0, 0.1) is 0 Å². The molecule has 2 N–H and O–H groups in total. The van der Waals surface area contributed by atoms with Crippen molar-refractivity contribution in [2.75, 3.05) is 19.7 Å². The molecule has 0 aliphatic carbocycles. The molecule has 3 nitrogen and oxygen atoms in total. The quantitative estimate of drug-likeness (QED) is 0.695. The number of likely N-dealkylation sites (N-methyl/N-ethyl adjacent to an activating group) is 1. The zero-order valence-electron chi connectivity index (χ0n) is 11.1. The lowest BCUT2D eigenvalue weighted by Gasteiger charge is -2.32. The molecule has 3 unspecified atom stereocenters. The van der Waals surface area contributed by atoms with E-state index in [9.17, 15) is 0 Å². The van der Waals surface area contributed by atoms with Gasteiger partial charge in [-0.15, -0.1) is 0 Å². The molecule has 1 aliphatic heterocycles. The first-order valence-corrected chi connectivity index (χ1v) is 6.82. The zero-order valence-corrected chi connectivity index (χ0v) is 11.1. The van der Waals surface area contributed by atoms with Gasteiger partial charge in [0.05, 0.1) is 0 Å². The molecule has 0 amide bonds. The Morgan fingerprint density at radius 2 is 2.12 bits per heavy atom. The highest BCUT2D eigenvalue weighted by molar-refractivity contribution is 4.87. The van der Waals surface area contributed by atoms with E-state index in [1.54, 1.807) is 0 Å². The Bertz CT molecular complexity index is 181. The number of hydrogen-bond donors (Lipinski definition) is 2. The van der Waals surface area contributed by atoms with Crippen LogP contribution >= 0.6 is 0 Å². The fraction of sp³-hybridized carbons (Fsp3) is 1.00. The average molecular weight is 228 g/mol. The second-order valence-electron chi connectivity index (χ2n) is 4.95. The molecule has 0 bridgehead atoms. The summed E-state index contributed by atoms with van der Waals surface area (Å²) in [5.74, 6) is 0. The predicted molar refractivity (Wildman–Crippen MR) is 68.6 cm³/mol. The number of rotatable bonds is 7. The molecule has 1 saturated heterocycles. The summed E-state index contributed by atoms with van der Waals surface area (Å²) in [5.41, 5.74) is 0. The normalized spacial score (nSPS) is 28.5. The summed E-state index contributed by atoms with van der Waals surface area (Å²) < 4.78 is 0. The van der Waals surface area contributed by atoms with Gasteiger partial charge in [-0.2, -0.15) is 0 Å². The first-order chi connectivity index (χ1) is 7.72. The second kappa shape index (κ2) is 7.25. The molecule has 0 aromatic carbocycles. The maximum absolute atomic E-state index is 9.07. The van der Waals surface area contributed by atoms with E-state index in [-0.39, 0.29) is 6.61 Å². The van der Waals surface area contributed by atoms with Crippen molar-refractivity contribution in [1.82, 2.24) is 10.2 Å². The third kappa shape index (κ3) is 3.72. The first-order valence-electron chi connectivity index (χ1n) is 6.82. The van der Waals surface area contributed by atoms with Crippen LogP contribution in [0.2, 0.25) is 0 Å². The molecule has 0 spiro atoms. The smallest absolute Gasteiger partial charge is 0.0446 e. The molecule has 3 heteroatoms. The van der Waals surface area contributed by atoms with Crippen LogP contribution in [0.1, 0.15) is 46.5 Å². The summed E-state index contributed by atoms with van der Waals surface area (Å²) in [6, 6.07) is 1.92. The van der Waals surface area contributed by atoms with Crippen molar-refractivity contribution in [3.05, 3.63) is 0 Å². The Morgan fingerprint density at radius 1 is 1.38 bits per heavy atom. The van der Waals surface area contributed by atoms with Crippen molar-refractivity contribution in [2.24, 2.45) is 0 Å². The molecule has 1 rings (SSSR count). The maximum Gasteiger partial charge on any atom is 0.0446 e. The number of hydrogen-bond acceptors (Lipinski definition) is 3. The Balaban J connectivity index is 2.47. The van der Waals surface area contributed by atoms with Crippen molar-refractivity contribution in [3.8, 4) is 0 Å². The standard InChI is InChI=1S/C13H28N2O/c1-4-13-7-6-11(3)15(13)10-12(8-9-16)14-5-2/h11-14,16H,4-10H2,1-3H3. The summed E-state index contributed by atoms with van der Waals surface area (Å²) in [6.45, 7) is 9.12. The van der Waals surface area contributed by atoms with E-state index in [2.05, 4.69) is 31.0 Å². The SMILES string of the molecule is CCNC(CCO)CN1C(C)CCC1CC. The average Bonchev–Trinajstić information content (AvgIpc) is 2.61. The van der Waals surface area contributed by atoms with Gasteiger partial charge in [0, 0.05) is 31.3 Å². The third-order valence-corrected chi connectivity index (χ3v) is 3.83. The Kier molecular flexibility index (Phi) is 6.32. The van der Waals surface area contributed by atoms with Gasteiger partial charge in [0.15, 0.2) is 0 Å². The highest BCUT2D eigenvalue weighted by Crippen LogP contribution is 2.26. The van der Waals surface area contributed by atoms with Crippen molar-refractivity contribution in [3.63, 3.8) is 0 Å². The second-order valence-corrected chi connectivity index (χ2v) is 4.95. The summed E-state index contributed by atoms with van der Waals surface area (Å²) >= 11 is 0. The number of nitrogens with zero attached hydrogens (tertiary/aromatic N) is 1. The summed E-state index contributed by atoms with van der Waals surface area (Å²) in [6.07, 6.45) is 4.79. The monoisotopic (exact) mass is 228 g/mol. The van der Waals surface area contributed by atoms with Crippen molar-refractivity contribution in [1.29, 1.82) is 0 Å². The van der Waals surface area contributed by atoms with Crippen molar-refractivity contribution >= 4 is 0 Å². The van der Waals surface area contributed by atoms with Gasteiger partial charge >= 0.3 is 0 Å². The summed E-state index contributed by atoms with van der Waals surface area (Å²) in [7, 11) is 0. The van der Waals surface area contributed by atoms with E-state index < -0.39 is 0 Å². The molecule has 0 aromatic heterocycles. The van der Waals surface area contributed by atoms with Crippen LogP contribution in [0.3, 0.4) is 0 Å². The molecule has 0 aromatic rings. The van der Waals surface area contributed by atoms with Crippen LogP contribution in [0.25, 0.3) is 0 Å². The van der Waals surface area contributed by atoms with Gasteiger partial charge < -0.3 is 10.4 Å². The highest BCUT2D eigenvalue weighted by atomic mass is 16.3. The lowest BCUT2D eigenvalue weighted by molar-refractivity contribution is 0.162. The van der Waals surface area contributed by atoms with Crippen LogP contribution in [-0.4, -0.2) is 47.8 Å². The topological polar surface area (TPSA) is 35.5 Å². The summed E-state index contributed by atoms with van der Waals surface area (Å²) in [4.78, 5) is 2.63. The van der Waals surface area contributed by atoms with Gasteiger partial charge in [-0.25, -0.2) is 0 Å². The third-order valence-electron chi connectivity index (χ3n) is 3.83. The van der Waals surface area contributed by atoms with Gasteiger partial charge in [0.2, 0.25) is 0 Å². The molecular weight excluding hydrogens is 200 g/mol. The molecule has 0 saturated carbocycles. The molecule has 1 heterocycles. The molecule has 96 valence electrons. The Hall–Kier alpha value is -0.120. The lowest BCUT2D eigenvalue weighted by Crippen LogP contribution is -2.45. The molecule has 1 fully saturated rings. The summed E-state index contributed by atoms with van der Waals surface area (Å²) in [5, 5.41) is 12.5. The molecule has 3 atom stereocenters. The number of aliphatic hydroxyl groups is 1. The largest absolute Gasteiger partial charge is 0.396 e. The van der Waals surface area contributed by atoms with E-state index in [4.69, 9.17) is 5.11 Å². The fourth-order valence-electron chi connectivity index (χ4n) is 2.85. The van der Waals surface area contributed by atoms with Crippen LogP contribution < -0.4 is 5.32 Å². The van der Waals surface area contributed by atoms with Crippen LogP contribution in [0.5, 0.6) is 0 Å². The van der Waals surface area contributed by atoms with E-state index in [0.717, 1.165) is 25.6 Å². The van der Waals surface area contributed by atoms with E-state index in [1.165, 1.54) is 19.3 Å². The van der Waals surface area contributed by atoms with Crippen LogP contribution in [0.4, 0.5) is 0 Å². The van der Waals surface area contributed by atoms with E-state index >= 15 is 0 Å². The van der Waals surface area contributed by atoms with Crippen LogP contribution in [0.15, 0.2) is 0 Å². The predicted octanol–water partition coefficient (Wildman–Crippen LogP) is 1.61. The molecular formula is C13H28N2O. The minimum absolute atomic E-state index is 0.288. The van der Waals surface area contributed by atoms with Crippen LogP contribution in [-0.2, 0) is 0 Å². The Morgan fingerprint density at radius 3 is 2.69 bits per heavy atom. The lowest BCUT2D eigenvalue weighted by atomic mass is 10.1. The van der Waals surface area contributed by atoms with Gasteiger partial charge in [-0.1, -0.05) is 13.8 Å².